The number of carbonyl (C=O) groups excluding carboxylic acids is 2. The lowest BCUT2D eigenvalue weighted by Gasteiger charge is -2.17. The van der Waals surface area contributed by atoms with E-state index in [2.05, 4.69) is 10.6 Å². The van der Waals surface area contributed by atoms with Crippen LogP contribution in [0.4, 0.5) is 11.4 Å². The first kappa shape index (κ1) is 21.2. The van der Waals surface area contributed by atoms with E-state index in [4.69, 9.17) is 11.5 Å². The van der Waals surface area contributed by atoms with Gasteiger partial charge < -0.3 is 22.1 Å². The van der Waals surface area contributed by atoms with E-state index in [-0.39, 0.29) is 11.8 Å². The van der Waals surface area contributed by atoms with Gasteiger partial charge in [0.05, 0.1) is 23.5 Å². The molecule has 0 aliphatic rings. The number of hydrogen-bond acceptors (Lipinski definition) is 4. The van der Waals surface area contributed by atoms with Crippen molar-refractivity contribution in [2.75, 3.05) is 10.6 Å². The molecular formula is C24H26N4O2. The van der Waals surface area contributed by atoms with Gasteiger partial charge in [0.25, 0.3) is 0 Å². The minimum absolute atomic E-state index is 0.325. The molecule has 3 aromatic rings. The average Bonchev–Trinajstić information content (AvgIpc) is 2.76. The number of rotatable bonds is 8. The molecule has 3 aromatic carbocycles. The highest BCUT2D eigenvalue weighted by molar-refractivity contribution is 6.02. The molecule has 0 unspecified atom stereocenters. The van der Waals surface area contributed by atoms with Crippen molar-refractivity contribution >= 4 is 23.2 Å². The molecular weight excluding hydrogens is 376 g/mol. The van der Waals surface area contributed by atoms with Gasteiger partial charge in [0.1, 0.15) is 0 Å². The van der Waals surface area contributed by atoms with Gasteiger partial charge >= 0.3 is 0 Å². The third-order valence-electron chi connectivity index (χ3n) is 4.71. The number of benzene rings is 3. The van der Waals surface area contributed by atoms with Crippen LogP contribution in [0.1, 0.15) is 11.1 Å². The quantitative estimate of drug-likeness (QED) is 0.464. The summed E-state index contributed by atoms with van der Waals surface area (Å²) in [7, 11) is 0. The number of carbonyl (C=O) groups is 2. The molecule has 2 atom stereocenters. The van der Waals surface area contributed by atoms with Gasteiger partial charge in [-0.3, -0.25) is 9.59 Å². The predicted molar refractivity (Wildman–Crippen MR) is 120 cm³/mol. The Morgan fingerprint density at radius 1 is 0.600 bits per heavy atom. The van der Waals surface area contributed by atoms with Crippen LogP contribution in [0.25, 0.3) is 0 Å². The summed E-state index contributed by atoms with van der Waals surface area (Å²) < 4.78 is 0. The van der Waals surface area contributed by atoms with Crippen molar-refractivity contribution in [1.29, 1.82) is 0 Å². The van der Waals surface area contributed by atoms with Gasteiger partial charge in [-0.2, -0.15) is 0 Å². The molecule has 6 heteroatoms. The van der Waals surface area contributed by atoms with Gasteiger partial charge in [-0.25, -0.2) is 0 Å². The van der Waals surface area contributed by atoms with Crippen LogP contribution in [0, 0.1) is 0 Å². The molecule has 0 saturated heterocycles. The lowest BCUT2D eigenvalue weighted by molar-refractivity contribution is -0.118. The van der Waals surface area contributed by atoms with E-state index in [1.165, 1.54) is 0 Å². The standard InChI is InChI=1S/C24H26N4O2/c25-19(15-17-9-3-1-4-10-17)23(29)27-21-13-7-8-14-22(21)28-24(30)20(26)16-18-11-5-2-6-12-18/h1-14,19-20H,15-16,25-26H2,(H,27,29)(H,28,30)/t19-,20-/m0/s1. The summed E-state index contributed by atoms with van der Waals surface area (Å²) in [6, 6.07) is 24.7. The van der Waals surface area contributed by atoms with Gasteiger partial charge in [0.2, 0.25) is 11.8 Å². The molecule has 6 N–H and O–H groups in total. The minimum Gasteiger partial charge on any atom is -0.323 e. The van der Waals surface area contributed by atoms with E-state index in [0.29, 0.717) is 24.2 Å². The molecule has 0 aliphatic carbocycles. The Morgan fingerprint density at radius 3 is 1.30 bits per heavy atom. The van der Waals surface area contributed by atoms with E-state index < -0.39 is 12.1 Å². The molecule has 6 nitrogen and oxygen atoms in total. The van der Waals surface area contributed by atoms with Crippen molar-refractivity contribution < 1.29 is 9.59 Å². The van der Waals surface area contributed by atoms with E-state index in [9.17, 15) is 9.59 Å². The second-order valence-corrected chi connectivity index (χ2v) is 7.12. The van der Waals surface area contributed by atoms with E-state index in [0.717, 1.165) is 11.1 Å². The van der Waals surface area contributed by atoms with Gasteiger partial charge in [-0.15, -0.1) is 0 Å². The fourth-order valence-electron chi connectivity index (χ4n) is 3.07. The van der Waals surface area contributed by atoms with Gasteiger partial charge in [-0.05, 0) is 36.1 Å². The molecule has 30 heavy (non-hydrogen) atoms. The van der Waals surface area contributed by atoms with Crippen LogP contribution < -0.4 is 22.1 Å². The Hall–Kier alpha value is -3.48. The SMILES string of the molecule is N[C@@H](Cc1ccccc1)C(=O)Nc1ccccc1NC(=O)[C@@H](N)Cc1ccccc1. The molecule has 2 amide bonds. The van der Waals surface area contributed by atoms with Gasteiger partial charge in [-0.1, -0.05) is 72.8 Å². The van der Waals surface area contributed by atoms with E-state index in [1.54, 1.807) is 24.3 Å². The number of nitrogens with one attached hydrogen (secondary N) is 2. The molecule has 0 aromatic heterocycles. The van der Waals surface area contributed by atoms with E-state index in [1.807, 2.05) is 60.7 Å². The zero-order valence-corrected chi connectivity index (χ0v) is 16.6. The van der Waals surface area contributed by atoms with Crippen molar-refractivity contribution in [3.63, 3.8) is 0 Å². The number of para-hydroxylation sites is 2. The molecule has 154 valence electrons. The van der Waals surface area contributed by atoms with Crippen LogP contribution in [0.5, 0.6) is 0 Å². The second kappa shape index (κ2) is 10.3. The fourth-order valence-corrected chi connectivity index (χ4v) is 3.07. The molecule has 0 spiro atoms. The third kappa shape index (κ3) is 6.01. The number of nitrogens with two attached hydrogens (primary N) is 2. The van der Waals surface area contributed by atoms with Crippen molar-refractivity contribution in [3.8, 4) is 0 Å². The Morgan fingerprint density at radius 2 is 0.933 bits per heavy atom. The maximum atomic E-state index is 12.6. The summed E-state index contributed by atoms with van der Waals surface area (Å²) in [6.07, 6.45) is 0.840. The molecule has 3 rings (SSSR count). The van der Waals surface area contributed by atoms with Crippen molar-refractivity contribution in [3.05, 3.63) is 96.1 Å². The summed E-state index contributed by atoms with van der Waals surface area (Å²) in [5.41, 5.74) is 15.0. The summed E-state index contributed by atoms with van der Waals surface area (Å²) in [5, 5.41) is 5.61. The smallest absolute Gasteiger partial charge is 0.241 e. The first-order valence-corrected chi connectivity index (χ1v) is 9.82. The summed E-state index contributed by atoms with van der Waals surface area (Å²) in [5.74, 6) is -0.650. The normalized spacial score (nSPS) is 12.6. The van der Waals surface area contributed by atoms with Gasteiger partial charge in [0, 0.05) is 0 Å². The summed E-state index contributed by atoms with van der Waals surface area (Å²) >= 11 is 0. The Bertz CT molecular complexity index is 896. The molecule has 0 saturated carbocycles. The van der Waals surface area contributed by atoms with Crippen molar-refractivity contribution in [2.24, 2.45) is 11.5 Å². The number of amides is 2. The zero-order valence-electron chi connectivity index (χ0n) is 16.6. The lowest BCUT2D eigenvalue weighted by atomic mass is 10.1. The maximum absolute atomic E-state index is 12.6. The molecule has 0 radical (unpaired) electrons. The van der Waals surface area contributed by atoms with Crippen molar-refractivity contribution in [1.82, 2.24) is 0 Å². The largest absolute Gasteiger partial charge is 0.323 e. The topological polar surface area (TPSA) is 110 Å². The van der Waals surface area contributed by atoms with Crippen LogP contribution in [0.2, 0.25) is 0 Å². The first-order chi connectivity index (χ1) is 14.5. The lowest BCUT2D eigenvalue weighted by Crippen LogP contribution is -2.39. The van der Waals surface area contributed by atoms with Crippen LogP contribution in [-0.2, 0) is 22.4 Å². The maximum Gasteiger partial charge on any atom is 0.241 e. The zero-order chi connectivity index (χ0) is 21.3. The second-order valence-electron chi connectivity index (χ2n) is 7.12. The predicted octanol–water partition coefficient (Wildman–Crippen LogP) is 2.70. The summed E-state index contributed by atoms with van der Waals surface area (Å²) in [6.45, 7) is 0. The highest BCUT2D eigenvalue weighted by atomic mass is 16.2. The highest BCUT2D eigenvalue weighted by Gasteiger charge is 2.18. The van der Waals surface area contributed by atoms with Crippen LogP contribution in [0.15, 0.2) is 84.9 Å². The van der Waals surface area contributed by atoms with Crippen LogP contribution in [0.3, 0.4) is 0 Å². The number of hydrogen-bond donors (Lipinski definition) is 4. The van der Waals surface area contributed by atoms with E-state index >= 15 is 0 Å². The van der Waals surface area contributed by atoms with Crippen LogP contribution >= 0.6 is 0 Å². The average molecular weight is 402 g/mol. The van der Waals surface area contributed by atoms with Gasteiger partial charge in [0.15, 0.2) is 0 Å². The number of anilines is 2. The van der Waals surface area contributed by atoms with Crippen molar-refractivity contribution in [2.45, 2.75) is 24.9 Å². The molecule has 0 aliphatic heterocycles. The first-order valence-electron chi connectivity index (χ1n) is 9.82. The summed E-state index contributed by atoms with van der Waals surface area (Å²) in [4.78, 5) is 25.1. The Labute approximate surface area is 176 Å². The third-order valence-corrected chi connectivity index (χ3v) is 4.71. The molecule has 0 fully saturated rings. The van der Waals surface area contributed by atoms with Crippen LogP contribution in [-0.4, -0.2) is 23.9 Å². The Balaban J connectivity index is 1.62. The minimum atomic E-state index is -0.712. The fraction of sp³-hybridized carbons (Fsp3) is 0.167. The molecule has 0 heterocycles. The Kier molecular flexibility index (Phi) is 7.32. The highest BCUT2D eigenvalue weighted by Crippen LogP contribution is 2.21. The molecule has 0 bridgehead atoms. The monoisotopic (exact) mass is 402 g/mol.